The first-order chi connectivity index (χ1) is 13.6. The fraction of sp³-hybridized carbons (Fsp3) is 0.350. The minimum absolute atomic E-state index is 0.102. The molecule has 0 saturated carbocycles. The number of non-ortho nitro benzene ring substituents is 1. The summed E-state index contributed by atoms with van der Waals surface area (Å²) in [6, 6.07) is 11.4. The fourth-order valence-electron chi connectivity index (χ4n) is 3.13. The predicted molar refractivity (Wildman–Crippen MR) is 106 cm³/mol. The Bertz CT molecular complexity index is 832. The van der Waals surface area contributed by atoms with Crippen molar-refractivity contribution < 1.29 is 19.2 Å². The van der Waals surface area contributed by atoms with Crippen LogP contribution in [-0.4, -0.2) is 44.2 Å². The van der Waals surface area contributed by atoms with Gasteiger partial charge in [-0.25, -0.2) is 0 Å². The molecule has 0 unspecified atom stereocenters. The molecule has 1 amide bonds. The van der Waals surface area contributed by atoms with E-state index in [2.05, 4.69) is 10.2 Å². The van der Waals surface area contributed by atoms with E-state index < -0.39 is 4.92 Å². The van der Waals surface area contributed by atoms with E-state index >= 15 is 0 Å². The van der Waals surface area contributed by atoms with Crippen molar-refractivity contribution in [3.05, 3.63) is 58.1 Å². The van der Waals surface area contributed by atoms with Crippen LogP contribution in [0.3, 0.4) is 0 Å². The topological polar surface area (TPSA) is 93.9 Å². The van der Waals surface area contributed by atoms with Crippen LogP contribution in [0.25, 0.3) is 0 Å². The summed E-state index contributed by atoms with van der Waals surface area (Å²) in [6.07, 6.45) is 2.09. The number of nitro groups is 1. The minimum Gasteiger partial charge on any atom is -0.491 e. The van der Waals surface area contributed by atoms with Crippen molar-refractivity contribution in [2.75, 3.05) is 43.6 Å². The summed E-state index contributed by atoms with van der Waals surface area (Å²) in [4.78, 5) is 25.6. The highest BCUT2D eigenvalue weighted by molar-refractivity contribution is 6.08. The lowest BCUT2D eigenvalue weighted by Gasteiger charge is -2.21. The number of nitro benzene ring substituents is 1. The first kappa shape index (κ1) is 19.6. The second-order valence-corrected chi connectivity index (χ2v) is 6.47. The molecule has 3 rings (SSSR count). The standard InChI is InChI=1S/C20H23N3O5/c1-27-12-13-28-17-7-4-15(5-8-17)21-20(24)18-14-16(23(25)26)6-9-19(18)22-10-2-3-11-22/h4-9,14H,2-3,10-13H2,1H3,(H,21,24). The SMILES string of the molecule is COCCOc1ccc(NC(=O)c2cc([N+](=O)[O-])ccc2N2CCCC2)cc1. The largest absolute Gasteiger partial charge is 0.491 e. The van der Waals surface area contributed by atoms with Crippen LogP contribution in [0.2, 0.25) is 0 Å². The maximum atomic E-state index is 12.9. The highest BCUT2D eigenvalue weighted by atomic mass is 16.6. The molecule has 1 aliphatic rings. The molecule has 148 valence electrons. The molecule has 1 heterocycles. The van der Waals surface area contributed by atoms with Gasteiger partial charge in [-0.2, -0.15) is 0 Å². The second-order valence-electron chi connectivity index (χ2n) is 6.47. The van der Waals surface area contributed by atoms with E-state index in [1.807, 2.05) is 0 Å². The Morgan fingerprint density at radius 3 is 2.50 bits per heavy atom. The zero-order chi connectivity index (χ0) is 19.9. The third kappa shape index (κ3) is 4.77. The van der Waals surface area contributed by atoms with Crippen molar-refractivity contribution >= 4 is 23.0 Å². The van der Waals surface area contributed by atoms with Crippen LogP contribution in [0.4, 0.5) is 17.1 Å². The quantitative estimate of drug-likeness (QED) is 0.425. The fourth-order valence-corrected chi connectivity index (χ4v) is 3.13. The van der Waals surface area contributed by atoms with Gasteiger partial charge in [0.15, 0.2) is 0 Å². The van der Waals surface area contributed by atoms with E-state index in [0.717, 1.165) is 31.6 Å². The third-order valence-corrected chi connectivity index (χ3v) is 4.55. The van der Waals surface area contributed by atoms with Crippen LogP contribution in [0.5, 0.6) is 5.75 Å². The van der Waals surface area contributed by atoms with Gasteiger partial charge in [-0.05, 0) is 43.2 Å². The molecule has 1 N–H and O–H groups in total. The zero-order valence-electron chi connectivity index (χ0n) is 15.7. The van der Waals surface area contributed by atoms with Gasteiger partial charge in [0.25, 0.3) is 11.6 Å². The van der Waals surface area contributed by atoms with E-state index in [0.29, 0.717) is 30.2 Å². The summed E-state index contributed by atoms with van der Waals surface area (Å²) >= 11 is 0. The number of hydrogen-bond donors (Lipinski definition) is 1. The molecule has 1 saturated heterocycles. The number of ether oxygens (including phenoxy) is 2. The molecule has 2 aromatic rings. The summed E-state index contributed by atoms with van der Waals surface area (Å²) in [5.74, 6) is 0.293. The molecular weight excluding hydrogens is 362 g/mol. The Balaban J connectivity index is 1.77. The lowest BCUT2D eigenvalue weighted by molar-refractivity contribution is -0.384. The molecule has 8 nitrogen and oxygen atoms in total. The molecule has 0 atom stereocenters. The van der Waals surface area contributed by atoms with Gasteiger partial charge < -0.3 is 19.7 Å². The highest BCUT2D eigenvalue weighted by Crippen LogP contribution is 2.29. The van der Waals surface area contributed by atoms with Gasteiger partial charge in [0, 0.05) is 38.0 Å². The smallest absolute Gasteiger partial charge is 0.270 e. The highest BCUT2D eigenvalue weighted by Gasteiger charge is 2.22. The molecule has 0 aliphatic carbocycles. The van der Waals surface area contributed by atoms with Crippen molar-refractivity contribution in [3.63, 3.8) is 0 Å². The number of anilines is 2. The normalized spacial score (nSPS) is 13.4. The number of carbonyl (C=O) groups excluding carboxylic acids is 1. The average Bonchev–Trinajstić information content (AvgIpc) is 3.23. The van der Waals surface area contributed by atoms with Gasteiger partial charge in [-0.1, -0.05) is 0 Å². The Morgan fingerprint density at radius 1 is 1.14 bits per heavy atom. The number of nitrogens with one attached hydrogen (secondary N) is 1. The van der Waals surface area contributed by atoms with Crippen LogP contribution in [0, 0.1) is 10.1 Å². The number of benzene rings is 2. The molecule has 1 aliphatic heterocycles. The molecule has 0 radical (unpaired) electrons. The number of rotatable bonds is 8. The first-order valence-electron chi connectivity index (χ1n) is 9.15. The lowest BCUT2D eigenvalue weighted by atomic mass is 10.1. The van der Waals surface area contributed by atoms with Crippen molar-refractivity contribution in [1.29, 1.82) is 0 Å². The number of carbonyl (C=O) groups is 1. The number of hydrogen-bond acceptors (Lipinski definition) is 6. The van der Waals surface area contributed by atoms with Gasteiger partial charge in [-0.15, -0.1) is 0 Å². The van der Waals surface area contributed by atoms with Gasteiger partial charge >= 0.3 is 0 Å². The van der Waals surface area contributed by atoms with Crippen molar-refractivity contribution in [1.82, 2.24) is 0 Å². The van der Waals surface area contributed by atoms with E-state index in [1.165, 1.54) is 12.1 Å². The molecular formula is C20H23N3O5. The first-order valence-corrected chi connectivity index (χ1v) is 9.15. The number of methoxy groups -OCH3 is 1. The van der Waals surface area contributed by atoms with Gasteiger partial charge in [0.1, 0.15) is 12.4 Å². The number of amides is 1. The third-order valence-electron chi connectivity index (χ3n) is 4.55. The van der Waals surface area contributed by atoms with Gasteiger partial charge in [0.05, 0.1) is 22.8 Å². The summed E-state index contributed by atoms with van der Waals surface area (Å²) in [5, 5.41) is 14.0. The maximum Gasteiger partial charge on any atom is 0.270 e. The Labute approximate surface area is 163 Å². The van der Waals surface area contributed by atoms with Crippen molar-refractivity contribution in [3.8, 4) is 5.75 Å². The molecule has 28 heavy (non-hydrogen) atoms. The van der Waals surface area contributed by atoms with Crippen LogP contribution in [0.15, 0.2) is 42.5 Å². The van der Waals surface area contributed by atoms with E-state index in [-0.39, 0.29) is 11.6 Å². The maximum absolute atomic E-state index is 12.9. The van der Waals surface area contributed by atoms with Gasteiger partial charge in [0.2, 0.25) is 0 Å². The Morgan fingerprint density at radius 2 is 1.86 bits per heavy atom. The van der Waals surface area contributed by atoms with E-state index in [4.69, 9.17) is 9.47 Å². The summed E-state index contributed by atoms with van der Waals surface area (Å²) in [6.45, 7) is 2.61. The molecule has 0 spiro atoms. The molecule has 2 aromatic carbocycles. The van der Waals surface area contributed by atoms with Crippen LogP contribution >= 0.6 is 0 Å². The Kier molecular flexibility index (Phi) is 6.44. The summed E-state index contributed by atoms with van der Waals surface area (Å²) in [7, 11) is 1.60. The minimum atomic E-state index is -0.489. The summed E-state index contributed by atoms with van der Waals surface area (Å²) in [5.41, 5.74) is 1.51. The molecule has 8 heteroatoms. The van der Waals surface area contributed by atoms with E-state index in [9.17, 15) is 14.9 Å². The molecule has 0 aromatic heterocycles. The number of nitrogens with zero attached hydrogens (tertiary/aromatic N) is 2. The van der Waals surface area contributed by atoms with Gasteiger partial charge in [-0.3, -0.25) is 14.9 Å². The van der Waals surface area contributed by atoms with Crippen LogP contribution in [-0.2, 0) is 4.74 Å². The lowest BCUT2D eigenvalue weighted by Crippen LogP contribution is -2.23. The Hall–Kier alpha value is -3.13. The second kappa shape index (κ2) is 9.18. The molecule has 1 fully saturated rings. The monoisotopic (exact) mass is 385 g/mol. The molecule has 0 bridgehead atoms. The van der Waals surface area contributed by atoms with Crippen molar-refractivity contribution in [2.45, 2.75) is 12.8 Å². The van der Waals surface area contributed by atoms with E-state index in [1.54, 1.807) is 37.4 Å². The van der Waals surface area contributed by atoms with Crippen LogP contribution in [0.1, 0.15) is 23.2 Å². The zero-order valence-corrected chi connectivity index (χ0v) is 15.7. The van der Waals surface area contributed by atoms with Crippen molar-refractivity contribution in [2.24, 2.45) is 0 Å². The van der Waals surface area contributed by atoms with Crippen LogP contribution < -0.4 is 15.0 Å². The summed E-state index contributed by atoms with van der Waals surface area (Å²) < 4.78 is 10.4. The average molecular weight is 385 g/mol. The predicted octanol–water partition coefficient (Wildman–Crippen LogP) is 3.47.